The average Bonchev–Trinajstić information content (AvgIpc) is 3.29. The normalized spacial score (nSPS) is 15.0. The second kappa shape index (κ2) is 8.31. The Balaban J connectivity index is 1.34. The van der Waals surface area contributed by atoms with Gasteiger partial charge in [0.2, 0.25) is 5.91 Å². The zero-order valence-electron chi connectivity index (χ0n) is 16.4. The molecule has 2 N–H and O–H groups in total. The van der Waals surface area contributed by atoms with Gasteiger partial charge in [0.15, 0.2) is 0 Å². The number of rotatable bonds is 6. The number of hydrogen-bond acceptors (Lipinski definition) is 3. The van der Waals surface area contributed by atoms with Gasteiger partial charge in [-0.05, 0) is 23.6 Å². The number of carbonyl (C=O) groups is 2. The number of hydrogen-bond donors (Lipinski definition) is 2. The van der Waals surface area contributed by atoms with Gasteiger partial charge in [0.1, 0.15) is 0 Å². The Kier molecular flexibility index (Phi) is 5.42. The van der Waals surface area contributed by atoms with Crippen molar-refractivity contribution >= 4 is 11.8 Å². The number of nitrogens with zero attached hydrogens (tertiary/aromatic N) is 2. The van der Waals surface area contributed by atoms with E-state index in [1.54, 1.807) is 6.20 Å². The van der Waals surface area contributed by atoms with Crippen LogP contribution >= 0.6 is 0 Å². The maximum atomic E-state index is 12.6. The molecular formula is C23H24N4O2. The van der Waals surface area contributed by atoms with Crippen molar-refractivity contribution in [2.24, 2.45) is 0 Å². The molecule has 148 valence electrons. The fraction of sp³-hybridized carbons (Fsp3) is 0.261. The lowest BCUT2D eigenvalue weighted by Gasteiger charge is -2.12. The molecule has 6 heteroatoms. The number of carbonyl (C=O) groups excluding carboxylic acids is 2. The quantitative estimate of drug-likeness (QED) is 0.681. The van der Waals surface area contributed by atoms with Gasteiger partial charge in [-0.2, -0.15) is 5.10 Å². The van der Waals surface area contributed by atoms with Crippen LogP contribution in [0.5, 0.6) is 0 Å². The molecule has 0 radical (unpaired) electrons. The second-order valence-corrected chi connectivity index (χ2v) is 7.43. The largest absolute Gasteiger partial charge is 0.351 e. The fourth-order valence-electron chi connectivity index (χ4n) is 3.71. The van der Waals surface area contributed by atoms with E-state index in [1.165, 1.54) is 0 Å². The summed E-state index contributed by atoms with van der Waals surface area (Å²) in [5.74, 6) is -0.146. The first-order chi connectivity index (χ1) is 14.1. The van der Waals surface area contributed by atoms with E-state index in [9.17, 15) is 9.59 Å². The molecule has 0 aliphatic carbocycles. The SMILES string of the molecule is Cc1ccccc1CC(=O)N[C@H]1Cc2c(C(=O)NCc3ccccc3)cnn2C1. The Morgan fingerprint density at radius 3 is 2.66 bits per heavy atom. The van der Waals surface area contributed by atoms with E-state index in [0.29, 0.717) is 31.5 Å². The van der Waals surface area contributed by atoms with Crippen LogP contribution in [0.2, 0.25) is 0 Å². The Morgan fingerprint density at radius 1 is 1.10 bits per heavy atom. The maximum Gasteiger partial charge on any atom is 0.255 e. The highest BCUT2D eigenvalue weighted by Gasteiger charge is 2.28. The van der Waals surface area contributed by atoms with E-state index in [0.717, 1.165) is 22.4 Å². The van der Waals surface area contributed by atoms with Gasteiger partial charge in [-0.3, -0.25) is 14.3 Å². The molecule has 2 aromatic carbocycles. The molecule has 3 aromatic rings. The summed E-state index contributed by atoms with van der Waals surface area (Å²) in [4.78, 5) is 25.0. The number of aromatic nitrogens is 2. The van der Waals surface area contributed by atoms with Crippen LogP contribution in [0.4, 0.5) is 0 Å². The van der Waals surface area contributed by atoms with Crippen LogP contribution in [-0.2, 0) is 30.7 Å². The zero-order chi connectivity index (χ0) is 20.2. The number of benzene rings is 2. The third kappa shape index (κ3) is 4.37. The first-order valence-electron chi connectivity index (χ1n) is 9.81. The second-order valence-electron chi connectivity index (χ2n) is 7.43. The van der Waals surface area contributed by atoms with E-state index in [-0.39, 0.29) is 17.9 Å². The Bertz CT molecular complexity index is 1030. The van der Waals surface area contributed by atoms with Gasteiger partial charge in [0.25, 0.3) is 5.91 Å². The molecule has 0 saturated carbocycles. The summed E-state index contributed by atoms with van der Waals surface area (Å²) in [6.07, 6.45) is 2.57. The number of aryl methyl sites for hydroxylation is 1. The first-order valence-corrected chi connectivity index (χ1v) is 9.81. The molecule has 6 nitrogen and oxygen atoms in total. The van der Waals surface area contributed by atoms with Crippen LogP contribution in [0.25, 0.3) is 0 Å². The molecule has 0 saturated heterocycles. The number of nitrogens with one attached hydrogen (secondary N) is 2. The first kappa shape index (κ1) is 18.9. The summed E-state index contributed by atoms with van der Waals surface area (Å²) in [5, 5.41) is 10.4. The summed E-state index contributed by atoms with van der Waals surface area (Å²) in [6.45, 7) is 3.07. The van der Waals surface area contributed by atoms with Crippen LogP contribution in [0.15, 0.2) is 60.8 Å². The highest BCUT2D eigenvalue weighted by atomic mass is 16.2. The highest BCUT2D eigenvalue weighted by Crippen LogP contribution is 2.19. The van der Waals surface area contributed by atoms with Gasteiger partial charge in [-0.25, -0.2) is 0 Å². The van der Waals surface area contributed by atoms with Gasteiger partial charge < -0.3 is 10.6 Å². The van der Waals surface area contributed by atoms with E-state index in [2.05, 4.69) is 15.7 Å². The van der Waals surface area contributed by atoms with Gasteiger partial charge in [-0.1, -0.05) is 54.6 Å². The van der Waals surface area contributed by atoms with Crippen molar-refractivity contribution in [3.63, 3.8) is 0 Å². The molecule has 1 aromatic heterocycles. The molecule has 1 atom stereocenters. The van der Waals surface area contributed by atoms with E-state index < -0.39 is 0 Å². The molecule has 0 bridgehead atoms. The average molecular weight is 388 g/mol. The van der Waals surface area contributed by atoms with Crippen LogP contribution in [0, 0.1) is 6.92 Å². The monoisotopic (exact) mass is 388 g/mol. The maximum absolute atomic E-state index is 12.6. The van der Waals surface area contributed by atoms with Crippen molar-refractivity contribution in [1.82, 2.24) is 20.4 Å². The molecular weight excluding hydrogens is 364 g/mol. The summed E-state index contributed by atoms with van der Waals surface area (Å²) in [5.41, 5.74) is 4.64. The van der Waals surface area contributed by atoms with Gasteiger partial charge >= 0.3 is 0 Å². The molecule has 0 fully saturated rings. The van der Waals surface area contributed by atoms with Crippen molar-refractivity contribution in [3.8, 4) is 0 Å². The van der Waals surface area contributed by atoms with Crippen LogP contribution < -0.4 is 10.6 Å². The van der Waals surface area contributed by atoms with Crippen LogP contribution in [-0.4, -0.2) is 27.6 Å². The van der Waals surface area contributed by atoms with Gasteiger partial charge in [0.05, 0.1) is 36.5 Å². The van der Waals surface area contributed by atoms with E-state index in [4.69, 9.17) is 0 Å². The number of amides is 2. The van der Waals surface area contributed by atoms with Gasteiger partial charge in [0, 0.05) is 13.0 Å². The predicted octanol–water partition coefficient (Wildman–Crippen LogP) is 2.41. The minimum Gasteiger partial charge on any atom is -0.351 e. The van der Waals surface area contributed by atoms with Crippen molar-refractivity contribution in [2.75, 3.05) is 0 Å². The molecule has 29 heavy (non-hydrogen) atoms. The molecule has 1 aliphatic rings. The summed E-state index contributed by atoms with van der Waals surface area (Å²) >= 11 is 0. The molecule has 1 aliphatic heterocycles. The molecule has 2 heterocycles. The lowest BCUT2D eigenvalue weighted by Crippen LogP contribution is -2.37. The molecule has 0 unspecified atom stereocenters. The Hall–Kier alpha value is -3.41. The molecule has 0 spiro atoms. The van der Waals surface area contributed by atoms with E-state index in [1.807, 2.05) is 66.2 Å². The summed E-state index contributed by atoms with van der Waals surface area (Å²) in [7, 11) is 0. The topological polar surface area (TPSA) is 76.0 Å². The third-order valence-corrected chi connectivity index (χ3v) is 5.30. The van der Waals surface area contributed by atoms with Crippen molar-refractivity contribution in [1.29, 1.82) is 0 Å². The predicted molar refractivity (Wildman–Crippen MR) is 110 cm³/mol. The standard InChI is InChI=1S/C23H24N4O2/c1-16-7-5-6-10-18(16)11-22(28)26-19-12-21-20(14-25-27(21)15-19)23(29)24-13-17-8-3-2-4-9-17/h2-10,14,19H,11-13,15H2,1H3,(H,24,29)(H,26,28)/t19-/m0/s1. The van der Waals surface area contributed by atoms with E-state index >= 15 is 0 Å². The lowest BCUT2D eigenvalue weighted by molar-refractivity contribution is -0.121. The highest BCUT2D eigenvalue weighted by molar-refractivity contribution is 5.95. The minimum atomic E-state index is -0.137. The smallest absolute Gasteiger partial charge is 0.255 e. The molecule has 2 amide bonds. The van der Waals surface area contributed by atoms with Crippen molar-refractivity contribution in [3.05, 3.63) is 88.7 Å². The lowest BCUT2D eigenvalue weighted by atomic mass is 10.1. The number of fused-ring (bicyclic) bond motifs is 1. The fourth-order valence-corrected chi connectivity index (χ4v) is 3.71. The third-order valence-electron chi connectivity index (χ3n) is 5.30. The van der Waals surface area contributed by atoms with Crippen LogP contribution in [0.3, 0.4) is 0 Å². The summed E-state index contributed by atoms with van der Waals surface area (Å²) < 4.78 is 1.82. The Morgan fingerprint density at radius 2 is 1.86 bits per heavy atom. The molecule has 4 rings (SSSR count). The minimum absolute atomic E-state index is 0.00914. The summed E-state index contributed by atoms with van der Waals surface area (Å²) in [6, 6.07) is 17.6. The Labute approximate surface area is 169 Å². The van der Waals surface area contributed by atoms with Crippen molar-refractivity contribution < 1.29 is 9.59 Å². The zero-order valence-corrected chi connectivity index (χ0v) is 16.4. The van der Waals surface area contributed by atoms with Crippen molar-refractivity contribution in [2.45, 2.75) is 38.9 Å². The van der Waals surface area contributed by atoms with Crippen LogP contribution in [0.1, 0.15) is 32.7 Å². The van der Waals surface area contributed by atoms with Gasteiger partial charge in [-0.15, -0.1) is 0 Å².